The van der Waals surface area contributed by atoms with Crippen molar-refractivity contribution in [2.75, 3.05) is 32.2 Å². The first-order valence-corrected chi connectivity index (χ1v) is 8.45. The van der Waals surface area contributed by atoms with Crippen LogP contribution in [0.15, 0.2) is 48.0 Å². The summed E-state index contributed by atoms with van der Waals surface area (Å²) < 4.78 is 55.0. The first kappa shape index (κ1) is 19.8. The van der Waals surface area contributed by atoms with Crippen molar-refractivity contribution in [3.05, 3.63) is 59.2 Å². The van der Waals surface area contributed by atoms with E-state index in [4.69, 9.17) is 14.2 Å². The lowest BCUT2D eigenvalue weighted by atomic mass is 10.1. The van der Waals surface area contributed by atoms with Crippen LogP contribution in [0.3, 0.4) is 0 Å². The van der Waals surface area contributed by atoms with Gasteiger partial charge in [0, 0.05) is 12.7 Å². The van der Waals surface area contributed by atoms with Crippen LogP contribution < -0.4 is 14.8 Å². The molecule has 0 aliphatic carbocycles. The molecule has 0 aromatic heterocycles. The van der Waals surface area contributed by atoms with Crippen molar-refractivity contribution in [2.24, 2.45) is 0 Å². The quantitative estimate of drug-likeness (QED) is 0.750. The molecule has 1 aliphatic rings. The number of rotatable bonds is 6. The molecule has 0 unspecified atom stereocenters. The molecule has 2 aromatic rings. The minimum atomic E-state index is -4.54. The zero-order chi connectivity index (χ0) is 20.1. The second-order valence-electron chi connectivity index (χ2n) is 6.00. The third-order valence-electron chi connectivity index (χ3n) is 4.02. The number of nitrogens with one attached hydrogen (secondary N) is 1. The molecule has 0 atom stereocenters. The monoisotopic (exact) mass is 393 g/mol. The van der Waals surface area contributed by atoms with Crippen molar-refractivity contribution in [1.82, 2.24) is 0 Å². The molecule has 3 rings (SSSR count). The molecular formula is C20H18F3NO4. The van der Waals surface area contributed by atoms with Gasteiger partial charge in [0.2, 0.25) is 0 Å². The predicted octanol–water partition coefficient (Wildman–Crippen LogP) is 4.15. The van der Waals surface area contributed by atoms with Gasteiger partial charge < -0.3 is 19.5 Å². The third-order valence-corrected chi connectivity index (χ3v) is 4.02. The molecular weight excluding hydrogens is 375 g/mol. The summed E-state index contributed by atoms with van der Waals surface area (Å²) in [5.74, 6) is 0.197. The second kappa shape index (κ2) is 8.35. The molecule has 1 aliphatic heterocycles. The highest BCUT2D eigenvalue weighted by atomic mass is 19.4. The number of fused-ring (bicyclic) bond motifs is 1. The SMILES string of the molecule is COCCOc1ccc(C(F)(F)F)cc1NC(=O)C1=Cc2ccccc2OC1. The number of halogens is 3. The van der Waals surface area contributed by atoms with Gasteiger partial charge in [0.15, 0.2) is 0 Å². The highest BCUT2D eigenvalue weighted by Gasteiger charge is 2.31. The zero-order valence-electron chi connectivity index (χ0n) is 15.0. The third kappa shape index (κ3) is 4.64. The summed E-state index contributed by atoms with van der Waals surface area (Å²) >= 11 is 0. The summed E-state index contributed by atoms with van der Waals surface area (Å²) in [5.41, 5.74) is 0.0512. The first-order valence-electron chi connectivity index (χ1n) is 8.45. The van der Waals surface area contributed by atoms with Crippen LogP contribution in [0.1, 0.15) is 11.1 Å². The molecule has 5 nitrogen and oxygen atoms in total. The fraction of sp³-hybridized carbons (Fsp3) is 0.250. The van der Waals surface area contributed by atoms with E-state index >= 15 is 0 Å². The normalized spacial score (nSPS) is 13.2. The van der Waals surface area contributed by atoms with Crippen LogP contribution in [-0.4, -0.2) is 32.8 Å². The highest BCUT2D eigenvalue weighted by molar-refractivity contribution is 6.08. The maximum Gasteiger partial charge on any atom is 0.416 e. The minimum Gasteiger partial charge on any atom is -0.489 e. The van der Waals surface area contributed by atoms with Crippen molar-refractivity contribution >= 4 is 17.7 Å². The number of hydrogen-bond donors (Lipinski definition) is 1. The predicted molar refractivity (Wildman–Crippen MR) is 97.4 cm³/mol. The summed E-state index contributed by atoms with van der Waals surface area (Å²) in [4.78, 5) is 12.6. The van der Waals surface area contributed by atoms with Gasteiger partial charge in [-0.05, 0) is 30.3 Å². The smallest absolute Gasteiger partial charge is 0.416 e. The molecule has 28 heavy (non-hydrogen) atoms. The number of carbonyl (C=O) groups is 1. The highest BCUT2D eigenvalue weighted by Crippen LogP contribution is 2.35. The Hall–Kier alpha value is -3.00. The van der Waals surface area contributed by atoms with Gasteiger partial charge in [-0.1, -0.05) is 18.2 Å². The Morgan fingerprint density at radius 2 is 1.96 bits per heavy atom. The number of hydrogen-bond acceptors (Lipinski definition) is 4. The first-order chi connectivity index (χ1) is 13.4. The molecule has 1 amide bonds. The van der Waals surface area contributed by atoms with E-state index in [0.29, 0.717) is 11.3 Å². The van der Waals surface area contributed by atoms with Gasteiger partial charge in [0.25, 0.3) is 5.91 Å². The molecule has 0 fully saturated rings. The van der Waals surface area contributed by atoms with Gasteiger partial charge >= 0.3 is 6.18 Å². The summed E-state index contributed by atoms with van der Waals surface area (Å²) in [6.07, 6.45) is -2.90. The van der Waals surface area contributed by atoms with Crippen LogP contribution in [0, 0.1) is 0 Å². The van der Waals surface area contributed by atoms with Crippen LogP contribution in [0.25, 0.3) is 6.08 Å². The Morgan fingerprint density at radius 1 is 1.18 bits per heavy atom. The molecule has 1 N–H and O–H groups in total. The van der Waals surface area contributed by atoms with E-state index in [9.17, 15) is 18.0 Å². The largest absolute Gasteiger partial charge is 0.489 e. The standard InChI is InChI=1S/C20H18F3NO4/c1-26-8-9-27-18-7-6-15(20(21,22)23)11-16(18)24-19(25)14-10-13-4-2-3-5-17(13)28-12-14/h2-7,10-11H,8-9,12H2,1H3,(H,24,25). The fourth-order valence-electron chi connectivity index (χ4n) is 2.61. The lowest BCUT2D eigenvalue weighted by Gasteiger charge is -2.19. The number of amides is 1. The molecule has 2 aromatic carbocycles. The molecule has 0 saturated carbocycles. The van der Waals surface area contributed by atoms with E-state index in [2.05, 4.69) is 5.32 Å². The van der Waals surface area contributed by atoms with E-state index in [-0.39, 0.29) is 31.3 Å². The number of anilines is 1. The summed E-state index contributed by atoms with van der Waals surface area (Å²) in [7, 11) is 1.48. The molecule has 0 saturated heterocycles. The lowest BCUT2D eigenvalue weighted by Crippen LogP contribution is -2.22. The van der Waals surface area contributed by atoms with Crippen molar-refractivity contribution < 1.29 is 32.2 Å². The van der Waals surface area contributed by atoms with E-state index in [1.165, 1.54) is 13.2 Å². The Kier molecular flexibility index (Phi) is 5.89. The van der Waals surface area contributed by atoms with Crippen molar-refractivity contribution in [3.8, 4) is 11.5 Å². The summed E-state index contributed by atoms with van der Waals surface area (Å²) in [5, 5.41) is 2.50. The Bertz CT molecular complexity index is 893. The topological polar surface area (TPSA) is 56.8 Å². The molecule has 0 radical (unpaired) electrons. The van der Waals surface area contributed by atoms with Gasteiger partial charge in [0.1, 0.15) is 24.7 Å². The average Bonchev–Trinajstić information content (AvgIpc) is 2.68. The van der Waals surface area contributed by atoms with Crippen molar-refractivity contribution in [3.63, 3.8) is 0 Å². The van der Waals surface area contributed by atoms with E-state index in [1.807, 2.05) is 6.07 Å². The van der Waals surface area contributed by atoms with E-state index in [0.717, 1.165) is 17.7 Å². The number of carbonyl (C=O) groups excluding carboxylic acids is 1. The fourth-order valence-corrected chi connectivity index (χ4v) is 2.61. The molecule has 0 bridgehead atoms. The van der Waals surface area contributed by atoms with Crippen LogP contribution in [0.2, 0.25) is 0 Å². The molecule has 8 heteroatoms. The lowest BCUT2D eigenvalue weighted by molar-refractivity contribution is -0.137. The van der Waals surface area contributed by atoms with Gasteiger partial charge in [-0.2, -0.15) is 13.2 Å². The van der Waals surface area contributed by atoms with Gasteiger partial charge in [0.05, 0.1) is 23.4 Å². The molecule has 0 spiro atoms. The number of methoxy groups -OCH3 is 1. The molecule has 148 valence electrons. The number of para-hydroxylation sites is 1. The Morgan fingerprint density at radius 3 is 2.71 bits per heavy atom. The summed E-state index contributed by atoms with van der Waals surface area (Å²) in [6, 6.07) is 10.1. The maximum atomic E-state index is 13.1. The van der Waals surface area contributed by atoms with Crippen molar-refractivity contribution in [2.45, 2.75) is 6.18 Å². The average molecular weight is 393 g/mol. The second-order valence-corrected chi connectivity index (χ2v) is 6.00. The van der Waals surface area contributed by atoms with Crippen LogP contribution in [0.4, 0.5) is 18.9 Å². The number of alkyl halides is 3. The molecule has 1 heterocycles. The maximum absolute atomic E-state index is 13.1. The van der Waals surface area contributed by atoms with E-state index < -0.39 is 17.6 Å². The van der Waals surface area contributed by atoms with Crippen LogP contribution in [-0.2, 0) is 15.7 Å². The summed E-state index contributed by atoms with van der Waals surface area (Å²) in [6.45, 7) is 0.399. The zero-order valence-corrected chi connectivity index (χ0v) is 15.0. The van der Waals surface area contributed by atoms with Crippen LogP contribution >= 0.6 is 0 Å². The Balaban J connectivity index is 1.85. The van der Waals surface area contributed by atoms with Gasteiger partial charge in [-0.25, -0.2) is 0 Å². The number of ether oxygens (including phenoxy) is 3. The van der Waals surface area contributed by atoms with Gasteiger partial charge in [-0.15, -0.1) is 0 Å². The number of benzene rings is 2. The van der Waals surface area contributed by atoms with Gasteiger partial charge in [-0.3, -0.25) is 4.79 Å². The van der Waals surface area contributed by atoms with E-state index in [1.54, 1.807) is 24.3 Å². The Labute approximate surface area is 159 Å². The minimum absolute atomic E-state index is 0.0155. The van der Waals surface area contributed by atoms with Crippen LogP contribution in [0.5, 0.6) is 11.5 Å². The van der Waals surface area contributed by atoms with Crippen molar-refractivity contribution in [1.29, 1.82) is 0 Å².